The third kappa shape index (κ3) is 8.15. The van der Waals surface area contributed by atoms with Crippen molar-refractivity contribution in [3.8, 4) is 0 Å². The molecule has 0 aliphatic heterocycles. The Morgan fingerprint density at radius 3 is 1.63 bits per heavy atom. The van der Waals surface area contributed by atoms with Gasteiger partial charge in [0, 0.05) is 17.5 Å². The van der Waals surface area contributed by atoms with Crippen LogP contribution < -0.4 is 5.32 Å². The summed E-state index contributed by atoms with van der Waals surface area (Å²) in [5.41, 5.74) is -0.365. The van der Waals surface area contributed by atoms with E-state index in [4.69, 9.17) is 4.74 Å². The molecule has 4 nitrogen and oxygen atoms in total. The third-order valence-electron chi connectivity index (χ3n) is 5.98. The number of ether oxygens (including phenoxy) is 1. The van der Waals surface area contributed by atoms with Gasteiger partial charge in [-0.25, -0.2) is 13.6 Å². The maximum Gasteiger partial charge on any atom is 0.338 e. The average Bonchev–Trinajstić information content (AvgIpc) is 2.75. The molecule has 0 aromatic heterocycles. The highest BCUT2D eigenvalue weighted by molar-refractivity contribution is 5.94. The van der Waals surface area contributed by atoms with E-state index >= 15 is 0 Å². The van der Waals surface area contributed by atoms with E-state index in [9.17, 15) is 18.4 Å². The molecule has 0 saturated heterocycles. The highest BCUT2D eigenvalue weighted by Gasteiger charge is 2.48. The summed E-state index contributed by atoms with van der Waals surface area (Å²) in [6, 6.07) is 10.7. The van der Waals surface area contributed by atoms with E-state index in [-0.39, 0.29) is 29.9 Å². The number of amides is 1. The molecule has 2 aromatic rings. The minimum Gasteiger partial charge on any atom is -0.458 e. The molecular weight excluding hydrogens is 448 g/mol. The summed E-state index contributed by atoms with van der Waals surface area (Å²) in [5, 5.41) is 3.04. The lowest BCUT2D eigenvalue weighted by molar-refractivity contribution is -0.0851. The summed E-state index contributed by atoms with van der Waals surface area (Å²) in [6.45, 7) is 14.8. The van der Waals surface area contributed by atoms with Gasteiger partial charge in [-0.3, -0.25) is 4.79 Å². The Labute approximate surface area is 208 Å². The zero-order chi connectivity index (χ0) is 26.4. The molecule has 0 heterocycles. The van der Waals surface area contributed by atoms with Crippen LogP contribution in [-0.4, -0.2) is 24.5 Å². The van der Waals surface area contributed by atoms with E-state index in [0.717, 1.165) is 0 Å². The number of hydrogen-bond donors (Lipinski definition) is 1. The van der Waals surface area contributed by atoms with E-state index in [0.29, 0.717) is 18.4 Å². The maximum atomic E-state index is 13.4. The largest absolute Gasteiger partial charge is 0.458 e. The molecule has 0 bridgehead atoms. The van der Waals surface area contributed by atoms with Crippen LogP contribution in [0.3, 0.4) is 0 Å². The fraction of sp³-hybridized carbons (Fsp3) is 0.517. The van der Waals surface area contributed by atoms with Gasteiger partial charge >= 0.3 is 5.97 Å². The molecule has 6 heteroatoms. The minimum absolute atomic E-state index is 0.269. The minimum atomic E-state index is -0.564. The van der Waals surface area contributed by atoms with Crippen LogP contribution in [0.1, 0.15) is 82.0 Å². The van der Waals surface area contributed by atoms with Gasteiger partial charge in [-0.2, -0.15) is 0 Å². The van der Waals surface area contributed by atoms with Gasteiger partial charge in [-0.15, -0.1) is 0 Å². The predicted molar refractivity (Wildman–Crippen MR) is 135 cm³/mol. The molecule has 0 fully saturated rings. The van der Waals surface area contributed by atoms with Crippen LogP contribution in [-0.2, 0) is 4.74 Å². The fourth-order valence-corrected chi connectivity index (χ4v) is 5.10. The molecule has 1 amide bonds. The number of rotatable bonds is 10. The Morgan fingerprint density at radius 2 is 1.23 bits per heavy atom. The zero-order valence-electron chi connectivity index (χ0n) is 22.0. The Balaban J connectivity index is 2.45. The van der Waals surface area contributed by atoms with Crippen LogP contribution in [0.2, 0.25) is 0 Å². The highest BCUT2D eigenvalue weighted by atomic mass is 19.1. The smallest absolute Gasteiger partial charge is 0.338 e. The topological polar surface area (TPSA) is 55.4 Å². The standard InChI is InChI=1S/C29H39F2NO3/c1-19(2)16-29(17-20(3)4,18-32-25(33)21-8-12-23(30)13-9-21)27(28(5,6)7)35-26(34)22-10-14-24(31)15-11-22/h8-15,19-20,27H,16-18H2,1-7H3,(H,32,33). The fourth-order valence-electron chi connectivity index (χ4n) is 5.10. The lowest BCUT2D eigenvalue weighted by Crippen LogP contribution is -2.53. The number of carbonyl (C=O) groups excluding carboxylic acids is 2. The summed E-state index contributed by atoms with van der Waals surface area (Å²) in [4.78, 5) is 26.1. The van der Waals surface area contributed by atoms with Crippen molar-refractivity contribution < 1.29 is 23.1 Å². The summed E-state index contributed by atoms with van der Waals surface area (Å²) < 4.78 is 32.9. The van der Waals surface area contributed by atoms with Crippen molar-refractivity contribution in [2.75, 3.05) is 6.54 Å². The SMILES string of the molecule is CC(C)CC(CNC(=O)c1ccc(F)cc1)(CC(C)C)C(OC(=O)c1ccc(F)cc1)C(C)(C)C. The first-order valence-electron chi connectivity index (χ1n) is 12.2. The Bertz CT molecular complexity index is 966. The van der Waals surface area contributed by atoms with E-state index in [1.54, 1.807) is 0 Å². The molecule has 0 aliphatic carbocycles. The average molecular weight is 488 g/mol. The Hall–Kier alpha value is -2.76. The van der Waals surface area contributed by atoms with Crippen LogP contribution in [0.25, 0.3) is 0 Å². The van der Waals surface area contributed by atoms with Gasteiger partial charge in [-0.1, -0.05) is 48.5 Å². The number of benzene rings is 2. The molecule has 0 saturated carbocycles. The molecule has 35 heavy (non-hydrogen) atoms. The van der Waals surface area contributed by atoms with E-state index < -0.39 is 34.5 Å². The van der Waals surface area contributed by atoms with Gasteiger partial charge < -0.3 is 10.1 Å². The third-order valence-corrected chi connectivity index (χ3v) is 5.98. The van der Waals surface area contributed by atoms with Gasteiger partial charge in [0.25, 0.3) is 5.91 Å². The van der Waals surface area contributed by atoms with Gasteiger partial charge in [0.05, 0.1) is 5.56 Å². The first kappa shape index (κ1) is 28.5. The van der Waals surface area contributed by atoms with Crippen molar-refractivity contribution in [1.29, 1.82) is 0 Å². The molecule has 2 aromatic carbocycles. The van der Waals surface area contributed by atoms with Gasteiger partial charge in [0.15, 0.2) is 0 Å². The lowest BCUT2D eigenvalue weighted by atomic mass is 9.63. The molecule has 1 N–H and O–H groups in total. The van der Waals surface area contributed by atoms with E-state index in [1.807, 2.05) is 20.8 Å². The van der Waals surface area contributed by atoms with Gasteiger partial charge in [-0.05, 0) is 78.6 Å². The van der Waals surface area contributed by atoms with Crippen LogP contribution in [0, 0.1) is 34.3 Å². The first-order valence-corrected chi connectivity index (χ1v) is 12.2. The van der Waals surface area contributed by atoms with Crippen molar-refractivity contribution in [3.05, 3.63) is 71.3 Å². The van der Waals surface area contributed by atoms with Crippen molar-refractivity contribution in [2.45, 2.75) is 67.4 Å². The van der Waals surface area contributed by atoms with Crippen LogP contribution in [0.4, 0.5) is 8.78 Å². The van der Waals surface area contributed by atoms with Crippen LogP contribution in [0.15, 0.2) is 48.5 Å². The molecule has 192 valence electrons. The molecule has 1 unspecified atom stereocenters. The van der Waals surface area contributed by atoms with Crippen molar-refractivity contribution in [1.82, 2.24) is 5.32 Å². The highest BCUT2D eigenvalue weighted by Crippen LogP contribution is 2.45. The van der Waals surface area contributed by atoms with Gasteiger partial charge in [0.1, 0.15) is 17.7 Å². The Morgan fingerprint density at radius 1 is 0.800 bits per heavy atom. The molecule has 0 aliphatic rings. The molecule has 0 spiro atoms. The normalized spacial score (nSPS) is 13.1. The maximum absolute atomic E-state index is 13.4. The molecule has 0 radical (unpaired) electrons. The lowest BCUT2D eigenvalue weighted by Gasteiger charge is -2.48. The molecule has 1 atom stereocenters. The summed E-state index contributed by atoms with van der Waals surface area (Å²) in [7, 11) is 0. The van der Waals surface area contributed by atoms with Crippen LogP contribution >= 0.6 is 0 Å². The second-order valence-electron chi connectivity index (χ2n) is 11.4. The number of carbonyl (C=O) groups is 2. The zero-order valence-corrected chi connectivity index (χ0v) is 22.0. The summed E-state index contributed by atoms with van der Waals surface area (Å²) >= 11 is 0. The van der Waals surface area contributed by atoms with Crippen LogP contribution in [0.5, 0.6) is 0 Å². The number of esters is 1. The van der Waals surface area contributed by atoms with Crippen molar-refractivity contribution in [3.63, 3.8) is 0 Å². The first-order chi connectivity index (χ1) is 16.2. The van der Waals surface area contributed by atoms with Crippen molar-refractivity contribution in [2.24, 2.45) is 22.7 Å². The number of halogens is 2. The predicted octanol–water partition coefficient (Wildman–Crippen LogP) is 7.04. The second kappa shape index (κ2) is 11.8. The summed E-state index contributed by atoms with van der Waals surface area (Å²) in [5.74, 6) is -1.12. The quantitative estimate of drug-likeness (QED) is 0.366. The summed E-state index contributed by atoms with van der Waals surface area (Å²) in [6.07, 6.45) is 0.895. The molecule has 2 rings (SSSR count). The molecular formula is C29H39F2NO3. The monoisotopic (exact) mass is 487 g/mol. The van der Waals surface area contributed by atoms with E-state index in [1.165, 1.54) is 48.5 Å². The van der Waals surface area contributed by atoms with Gasteiger partial charge in [0.2, 0.25) is 0 Å². The van der Waals surface area contributed by atoms with Crippen molar-refractivity contribution >= 4 is 11.9 Å². The number of hydrogen-bond acceptors (Lipinski definition) is 3. The number of nitrogens with one attached hydrogen (secondary N) is 1. The van der Waals surface area contributed by atoms with E-state index in [2.05, 4.69) is 33.0 Å². The second-order valence-corrected chi connectivity index (χ2v) is 11.4. The Kier molecular flexibility index (Phi) is 9.59.